The zero-order valence-corrected chi connectivity index (χ0v) is 15.9. The Labute approximate surface area is 156 Å². The molecule has 0 saturated carbocycles. The average molecular weight is 374 g/mol. The highest BCUT2D eigenvalue weighted by Gasteiger charge is 2.41. The van der Waals surface area contributed by atoms with Crippen LogP contribution < -0.4 is 16.4 Å². The van der Waals surface area contributed by atoms with Gasteiger partial charge in [0.05, 0.1) is 4.91 Å². The van der Waals surface area contributed by atoms with Gasteiger partial charge in [0.15, 0.2) is 4.99 Å². The van der Waals surface area contributed by atoms with E-state index >= 15 is 0 Å². The molecule has 0 aliphatic carbocycles. The summed E-state index contributed by atoms with van der Waals surface area (Å²) in [5, 5.41) is 7.44. The summed E-state index contributed by atoms with van der Waals surface area (Å²) in [7, 11) is 0. The summed E-state index contributed by atoms with van der Waals surface area (Å²) in [5.74, 6) is -0.466. The van der Waals surface area contributed by atoms with Crippen molar-refractivity contribution in [2.24, 2.45) is 5.73 Å². The van der Waals surface area contributed by atoms with Crippen LogP contribution in [0, 0.1) is 20.8 Å². The van der Waals surface area contributed by atoms with Crippen molar-refractivity contribution in [1.29, 1.82) is 0 Å². The van der Waals surface area contributed by atoms with E-state index in [0.29, 0.717) is 9.93 Å². The van der Waals surface area contributed by atoms with Gasteiger partial charge in [-0.3, -0.25) is 4.79 Å². The molecule has 0 fully saturated rings. The monoisotopic (exact) mass is 373 g/mol. The number of aryl methyl sites for hydroxylation is 3. The molecule has 0 radical (unpaired) electrons. The van der Waals surface area contributed by atoms with E-state index in [2.05, 4.69) is 28.8 Å². The lowest BCUT2D eigenvalue weighted by Crippen LogP contribution is -2.42. The molecule has 6 heteroatoms. The number of halogens is 1. The Morgan fingerprint density at radius 2 is 1.88 bits per heavy atom. The van der Waals surface area contributed by atoms with Crippen LogP contribution in [0.15, 0.2) is 47.5 Å². The van der Waals surface area contributed by atoms with E-state index in [9.17, 15) is 4.79 Å². The van der Waals surface area contributed by atoms with Gasteiger partial charge in [0, 0.05) is 22.5 Å². The Morgan fingerprint density at radius 3 is 2.44 bits per heavy atom. The lowest BCUT2D eigenvalue weighted by atomic mass is 10.0. The first kappa shape index (κ1) is 17.7. The lowest BCUT2D eigenvalue weighted by molar-refractivity contribution is -0.113. The Hall–Kier alpha value is -2.11. The molecule has 130 valence electrons. The quantitative estimate of drug-likeness (QED) is 0.753. The highest BCUT2D eigenvalue weighted by atomic mass is 35.5. The van der Waals surface area contributed by atoms with Crippen molar-refractivity contribution in [1.82, 2.24) is 5.32 Å². The summed E-state index contributed by atoms with van der Waals surface area (Å²) in [4.78, 5) is 11.3. The first-order valence-electron chi connectivity index (χ1n) is 7.89. The van der Waals surface area contributed by atoms with Crippen molar-refractivity contribution in [2.75, 3.05) is 5.32 Å². The van der Waals surface area contributed by atoms with Crippen molar-refractivity contribution in [3.8, 4) is 0 Å². The Bertz CT molecular complexity index is 840. The molecular formula is C19H20ClN3OS. The fraction of sp³-hybridized carbons (Fsp3) is 0.211. The molecule has 0 bridgehead atoms. The van der Waals surface area contributed by atoms with Gasteiger partial charge in [0.1, 0.15) is 0 Å². The van der Waals surface area contributed by atoms with Gasteiger partial charge < -0.3 is 16.4 Å². The fourth-order valence-electron chi connectivity index (χ4n) is 3.09. The zero-order chi connectivity index (χ0) is 18.2. The number of hydrogen-bond donors (Lipinski definition) is 3. The number of nitrogens with two attached hydrogens (primary N) is 1. The van der Waals surface area contributed by atoms with E-state index in [0.717, 1.165) is 27.9 Å². The van der Waals surface area contributed by atoms with Crippen LogP contribution in [0.1, 0.15) is 22.3 Å². The highest BCUT2D eigenvalue weighted by molar-refractivity contribution is 8.05. The molecule has 1 atom stereocenters. The molecule has 2 aromatic rings. The first-order valence-corrected chi connectivity index (χ1v) is 9.09. The highest BCUT2D eigenvalue weighted by Crippen LogP contribution is 2.47. The van der Waals surface area contributed by atoms with Crippen molar-refractivity contribution in [2.45, 2.75) is 25.8 Å². The second kappa shape index (κ2) is 6.65. The largest absolute Gasteiger partial charge is 0.365 e. The molecule has 1 unspecified atom stereocenters. The Balaban J connectivity index is 2.09. The van der Waals surface area contributed by atoms with E-state index in [1.54, 1.807) is 6.20 Å². The molecular weight excluding hydrogens is 354 g/mol. The third-order valence-electron chi connectivity index (χ3n) is 4.03. The standard InChI is InChI=1S/C19H20ClN3OS/c1-11-7-12(2)9-14(8-11)23-19(22-10-16(25-19)18(21)24)17-13(3)5-4-6-15(17)20/h4-10,22-23H,1-3H3,(H2,21,24). The minimum Gasteiger partial charge on any atom is -0.365 e. The topological polar surface area (TPSA) is 67.2 Å². The number of hydrogen-bond acceptors (Lipinski definition) is 4. The smallest absolute Gasteiger partial charge is 0.256 e. The maximum Gasteiger partial charge on any atom is 0.256 e. The summed E-state index contributed by atoms with van der Waals surface area (Å²) < 4.78 is 0. The molecule has 4 N–H and O–H groups in total. The number of rotatable bonds is 4. The summed E-state index contributed by atoms with van der Waals surface area (Å²) in [6, 6.07) is 12.0. The number of carbonyl (C=O) groups is 1. The Kier molecular flexibility index (Phi) is 4.71. The zero-order valence-electron chi connectivity index (χ0n) is 14.3. The number of amides is 1. The molecule has 25 heavy (non-hydrogen) atoms. The van der Waals surface area contributed by atoms with Crippen LogP contribution >= 0.6 is 23.4 Å². The summed E-state index contributed by atoms with van der Waals surface area (Å²) in [6.45, 7) is 6.10. The second-order valence-corrected chi connectivity index (χ2v) is 7.90. The van der Waals surface area contributed by atoms with Gasteiger partial charge in [-0.1, -0.05) is 41.6 Å². The number of benzene rings is 2. The predicted octanol–water partition coefficient (Wildman–Crippen LogP) is 4.15. The molecule has 2 aromatic carbocycles. The summed E-state index contributed by atoms with van der Waals surface area (Å²) in [5.41, 5.74) is 10.6. The lowest BCUT2D eigenvalue weighted by Gasteiger charge is -2.34. The minimum atomic E-state index is -0.799. The molecule has 0 spiro atoms. The maximum atomic E-state index is 11.7. The SMILES string of the molecule is Cc1cc(C)cc(NC2(c3c(C)cccc3Cl)NC=C(C(N)=O)S2)c1. The molecule has 1 aliphatic heterocycles. The molecule has 1 amide bonds. The van der Waals surface area contributed by atoms with Gasteiger partial charge in [0.2, 0.25) is 0 Å². The van der Waals surface area contributed by atoms with Crippen LogP contribution in [0.5, 0.6) is 0 Å². The van der Waals surface area contributed by atoms with Crippen molar-refractivity contribution < 1.29 is 4.79 Å². The second-order valence-electron chi connectivity index (χ2n) is 6.23. The predicted molar refractivity (Wildman–Crippen MR) is 105 cm³/mol. The van der Waals surface area contributed by atoms with Crippen molar-refractivity contribution >= 4 is 35.0 Å². The van der Waals surface area contributed by atoms with Crippen LogP contribution in [0.25, 0.3) is 0 Å². The van der Waals surface area contributed by atoms with Crippen LogP contribution in [0.3, 0.4) is 0 Å². The van der Waals surface area contributed by atoms with E-state index in [-0.39, 0.29) is 0 Å². The van der Waals surface area contributed by atoms with E-state index in [1.807, 2.05) is 39.0 Å². The van der Waals surface area contributed by atoms with Crippen LogP contribution in [0.4, 0.5) is 5.69 Å². The summed E-state index contributed by atoms with van der Waals surface area (Å²) >= 11 is 7.86. The minimum absolute atomic E-state index is 0.455. The van der Waals surface area contributed by atoms with Crippen molar-refractivity contribution in [3.63, 3.8) is 0 Å². The first-order chi connectivity index (χ1) is 11.8. The molecule has 4 nitrogen and oxygen atoms in total. The van der Waals surface area contributed by atoms with Gasteiger partial charge >= 0.3 is 0 Å². The number of carbonyl (C=O) groups excluding carboxylic acids is 1. The normalized spacial score (nSPS) is 19.3. The van der Waals surface area contributed by atoms with E-state index in [1.165, 1.54) is 11.8 Å². The molecule has 0 aromatic heterocycles. The maximum absolute atomic E-state index is 11.7. The third-order valence-corrected chi connectivity index (χ3v) is 5.61. The number of anilines is 1. The van der Waals surface area contributed by atoms with Crippen molar-refractivity contribution in [3.05, 3.63) is 74.8 Å². The number of nitrogens with one attached hydrogen (secondary N) is 2. The van der Waals surface area contributed by atoms with Crippen LogP contribution in [-0.2, 0) is 9.79 Å². The average Bonchev–Trinajstić information content (AvgIpc) is 2.91. The van der Waals surface area contributed by atoms with E-state index < -0.39 is 10.9 Å². The molecule has 1 aliphatic rings. The molecule has 1 heterocycles. The number of primary amides is 1. The fourth-order valence-corrected chi connectivity index (χ4v) is 4.72. The van der Waals surface area contributed by atoms with Gasteiger partial charge in [-0.15, -0.1) is 0 Å². The van der Waals surface area contributed by atoms with Gasteiger partial charge in [-0.25, -0.2) is 0 Å². The summed E-state index contributed by atoms with van der Waals surface area (Å²) in [6.07, 6.45) is 1.64. The van der Waals surface area contributed by atoms with E-state index in [4.69, 9.17) is 17.3 Å². The van der Waals surface area contributed by atoms with Gasteiger partial charge in [-0.05, 0) is 55.7 Å². The van der Waals surface area contributed by atoms with Gasteiger partial charge in [0.25, 0.3) is 5.91 Å². The van der Waals surface area contributed by atoms with Crippen LogP contribution in [0.2, 0.25) is 5.02 Å². The molecule has 0 saturated heterocycles. The van der Waals surface area contributed by atoms with Gasteiger partial charge in [-0.2, -0.15) is 0 Å². The Morgan fingerprint density at radius 1 is 1.20 bits per heavy atom. The third kappa shape index (κ3) is 3.48. The molecule has 3 rings (SSSR count). The van der Waals surface area contributed by atoms with Crippen LogP contribution in [-0.4, -0.2) is 5.91 Å². The number of thioether (sulfide) groups is 1.